The molecule has 1 atom stereocenters. The van der Waals surface area contributed by atoms with E-state index < -0.39 is 0 Å². The lowest BCUT2D eigenvalue weighted by atomic mass is 9.88. The Hall–Kier alpha value is -2.67. The third kappa shape index (κ3) is 3.51. The summed E-state index contributed by atoms with van der Waals surface area (Å²) in [5, 5.41) is 3.08. The quantitative estimate of drug-likeness (QED) is 0.702. The highest BCUT2D eigenvalue weighted by molar-refractivity contribution is 7.14. The summed E-state index contributed by atoms with van der Waals surface area (Å²) in [7, 11) is 1.98. The number of hydrogen-bond donors (Lipinski definition) is 1. The number of benzene rings is 1. The predicted molar refractivity (Wildman–Crippen MR) is 118 cm³/mol. The molecule has 1 aromatic carbocycles. The Labute approximate surface area is 179 Å². The van der Waals surface area contributed by atoms with Gasteiger partial charge >= 0.3 is 0 Å². The maximum atomic E-state index is 12.8. The van der Waals surface area contributed by atoms with Crippen LogP contribution in [0.2, 0.25) is 0 Å². The Bertz CT molecular complexity index is 1110. The lowest BCUT2D eigenvalue weighted by molar-refractivity contribution is -0.125. The first-order valence-corrected chi connectivity index (χ1v) is 11.5. The fourth-order valence-electron chi connectivity index (χ4n) is 4.59. The van der Waals surface area contributed by atoms with Gasteiger partial charge in [-0.3, -0.25) is 9.59 Å². The number of carbonyl (C=O) groups excluding carboxylic acids is 2. The van der Waals surface area contributed by atoms with Crippen LogP contribution in [-0.4, -0.2) is 39.4 Å². The zero-order chi connectivity index (χ0) is 20.7. The Morgan fingerprint density at radius 2 is 2.03 bits per heavy atom. The van der Waals surface area contributed by atoms with E-state index in [0.717, 1.165) is 60.5 Å². The van der Waals surface area contributed by atoms with Gasteiger partial charge in [0, 0.05) is 30.9 Å². The fraction of sp³-hybridized carbons (Fsp3) is 0.435. The van der Waals surface area contributed by atoms with Crippen molar-refractivity contribution in [3.05, 3.63) is 51.5 Å². The van der Waals surface area contributed by atoms with Crippen molar-refractivity contribution in [2.45, 2.75) is 38.6 Å². The molecule has 156 valence electrons. The SMILES string of the molecule is Cn1c(CNC(=O)[C@H]2CCc3sc(C(=O)N4CCCC4)cc3C2)nc2ccccc21. The van der Waals surface area contributed by atoms with E-state index in [2.05, 4.69) is 10.3 Å². The maximum Gasteiger partial charge on any atom is 0.263 e. The smallest absolute Gasteiger partial charge is 0.263 e. The fourth-order valence-corrected chi connectivity index (χ4v) is 5.77. The molecule has 0 saturated carbocycles. The van der Waals surface area contributed by atoms with Crippen LogP contribution in [0.15, 0.2) is 30.3 Å². The minimum absolute atomic E-state index is 0.0449. The number of para-hydroxylation sites is 2. The van der Waals surface area contributed by atoms with E-state index in [0.29, 0.717) is 13.0 Å². The number of nitrogens with one attached hydrogen (secondary N) is 1. The van der Waals surface area contributed by atoms with Crippen molar-refractivity contribution in [3.63, 3.8) is 0 Å². The topological polar surface area (TPSA) is 67.2 Å². The molecule has 6 nitrogen and oxygen atoms in total. The summed E-state index contributed by atoms with van der Waals surface area (Å²) >= 11 is 1.62. The first-order valence-electron chi connectivity index (χ1n) is 10.7. The van der Waals surface area contributed by atoms with Crippen molar-refractivity contribution in [2.24, 2.45) is 13.0 Å². The van der Waals surface area contributed by atoms with E-state index in [4.69, 9.17) is 0 Å². The van der Waals surface area contributed by atoms with E-state index in [1.165, 1.54) is 10.4 Å². The van der Waals surface area contributed by atoms with Crippen LogP contribution in [0.4, 0.5) is 0 Å². The summed E-state index contributed by atoms with van der Waals surface area (Å²) < 4.78 is 2.03. The van der Waals surface area contributed by atoms with Crippen molar-refractivity contribution in [1.29, 1.82) is 0 Å². The summed E-state index contributed by atoms with van der Waals surface area (Å²) in [5.41, 5.74) is 3.19. The lowest BCUT2D eigenvalue weighted by Crippen LogP contribution is -2.34. The normalized spacial score (nSPS) is 18.6. The van der Waals surface area contributed by atoms with Gasteiger partial charge in [-0.15, -0.1) is 11.3 Å². The minimum atomic E-state index is -0.0449. The first-order chi connectivity index (χ1) is 14.6. The van der Waals surface area contributed by atoms with Gasteiger partial charge in [0.15, 0.2) is 0 Å². The molecule has 5 rings (SSSR count). The van der Waals surface area contributed by atoms with Gasteiger partial charge in [-0.25, -0.2) is 4.98 Å². The third-order valence-corrected chi connectivity index (χ3v) is 7.58. The number of aromatic nitrogens is 2. The molecule has 0 spiro atoms. The van der Waals surface area contributed by atoms with Crippen LogP contribution in [0.3, 0.4) is 0 Å². The predicted octanol–water partition coefficient (Wildman–Crippen LogP) is 3.29. The molecule has 3 aromatic rings. The van der Waals surface area contributed by atoms with Gasteiger partial charge < -0.3 is 14.8 Å². The molecule has 2 aromatic heterocycles. The van der Waals surface area contributed by atoms with Crippen LogP contribution in [0.5, 0.6) is 0 Å². The molecule has 0 unspecified atom stereocenters. The van der Waals surface area contributed by atoms with E-state index in [1.807, 2.05) is 46.8 Å². The van der Waals surface area contributed by atoms with Crippen LogP contribution < -0.4 is 5.32 Å². The molecule has 1 N–H and O–H groups in total. The number of rotatable bonds is 4. The van der Waals surface area contributed by atoms with Gasteiger partial charge in [-0.2, -0.15) is 0 Å². The highest BCUT2D eigenvalue weighted by Gasteiger charge is 2.29. The average Bonchev–Trinajstić information content (AvgIpc) is 3.50. The van der Waals surface area contributed by atoms with Crippen LogP contribution >= 0.6 is 11.3 Å². The molecule has 7 heteroatoms. The molecule has 0 bridgehead atoms. The molecular weight excluding hydrogens is 396 g/mol. The largest absolute Gasteiger partial charge is 0.349 e. The third-order valence-electron chi connectivity index (χ3n) is 6.36. The first kappa shape index (κ1) is 19.3. The Morgan fingerprint density at radius 1 is 1.23 bits per heavy atom. The number of thiophene rings is 1. The summed E-state index contributed by atoms with van der Waals surface area (Å²) in [6.45, 7) is 2.17. The standard InChI is InChI=1S/C23H26N4O2S/c1-26-18-7-3-2-6-17(18)25-21(26)14-24-22(28)15-8-9-19-16(12-15)13-20(30-19)23(29)27-10-4-5-11-27/h2-3,6-7,13,15H,4-5,8-12,14H2,1H3,(H,24,28)/t15-/m0/s1. The van der Waals surface area contributed by atoms with Crippen molar-refractivity contribution in [2.75, 3.05) is 13.1 Å². The van der Waals surface area contributed by atoms with E-state index in [1.54, 1.807) is 11.3 Å². The Kier molecular flexibility index (Phi) is 5.06. The van der Waals surface area contributed by atoms with Crippen molar-refractivity contribution < 1.29 is 9.59 Å². The highest BCUT2D eigenvalue weighted by atomic mass is 32.1. The van der Waals surface area contributed by atoms with Gasteiger partial charge in [0.05, 0.1) is 22.5 Å². The van der Waals surface area contributed by atoms with Crippen molar-refractivity contribution in [1.82, 2.24) is 19.8 Å². The van der Waals surface area contributed by atoms with Crippen LogP contribution in [0, 0.1) is 5.92 Å². The van der Waals surface area contributed by atoms with Gasteiger partial charge in [0.1, 0.15) is 5.82 Å². The number of hydrogen-bond acceptors (Lipinski definition) is 4. The zero-order valence-corrected chi connectivity index (χ0v) is 18.0. The van der Waals surface area contributed by atoms with Crippen LogP contribution in [0.1, 0.15) is 45.2 Å². The summed E-state index contributed by atoms with van der Waals surface area (Å²) in [6.07, 6.45) is 4.62. The number of imidazole rings is 1. The van der Waals surface area contributed by atoms with Crippen LogP contribution in [0.25, 0.3) is 11.0 Å². The summed E-state index contributed by atoms with van der Waals surface area (Å²) in [4.78, 5) is 34.2. The monoisotopic (exact) mass is 422 g/mol. The number of aryl methyl sites for hydroxylation is 2. The molecule has 2 amide bonds. The molecule has 30 heavy (non-hydrogen) atoms. The van der Waals surface area contributed by atoms with Crippen molar-refractivity contribution in [3.8, 4) is 0 Å². The maximum absolute atomic E-state index is 12.8. The minimum Gasteiger partial charge on any atom is -0.349 e. The molecule has 1 aliphatic heterocycles. The number of nitrogens with zero attached hydrogens (tertiary/aromatic N) is 3. The second-order valence-corrected chi connectivity index (χ2v) is 9.43. The molecule has 0 radical (unpaired) electrons. The second-order valence-electron chi connectivity index (χ2n) is 8.29. The van der Waals surface area contributed by atoms with Gasteiger partial charge in [0.25, 0.3) is 5.91 Å². The highest BCUT2D eigenvalue weighted by Crippen LogP contribution is 2.33. The molecule has 1 saturated heterocycles. The summed E-state index contributed by atoms with van der Waals surface area (Å²) in [6, 6.07) is 10.0. The number of likely N-dealkylation sites (tertiary alicyclic amines) is 1. The van der Waals surface area contributed by atoms with Crippen molar-refractivity contribution >= 4 is 34.2 Å². The Balaban J connectivity index is 1.23. The molecule has 1 aliphatic carbocycles. The lowest BCUT2D eigenvalue weighted by Gasteiger charge is -2.21. The molecular formula is C23H26N4O2S. The van der Waals surface area contributed by atoms with E-state index >= 15 is 0 Å². The molecule has 3 heterocycles. The zero-order valence-electron chi connectivity index (χ0n) is 17.2. The second kappa shape index (κ2) is 7.87. The number of fused-ring (bicyclic) bond motifs is 2. The summed E-state index contributed by atoms with van der Waals surface area (Å²) in [5.74, 6) is 1.05. The number of amides is 2. The molecule has 2 aliphatic rings. The van der Waals surface area contributed by atoms with E-state index in [9.17, 15) is 9.59 Å². The van der Waals surface area contributed by atoms with Crippen LogP contribution in [-0.2, 0) is 31.2 Å². The van der Waals surface area contributed by atoms with E-state index in [-0.39, 0.29) is 17.7 Å². The van der Waals surface area contributed by atoms with Gasteiger partial charge in [-0.1, -0.05) is 12.1 Å². The van der Waals surface area contributed by atoms with Gasteiger partial charge in [0.2, 0.25) is 5.91 Å². The average molecular weight is 423 g/mol. The van der Waals surface area contributed by atoms with Gasteiger partial charge in [-0.05, 0) is 55.9 Å². The molecule has 1 fully saturated rings. The number of carbonyl (C=O) groups is 2. The Morgan fingerprint density at radius 3 is 2.83 bits per heavy atom.